The summed E-state index contributed by atoms with van der Waals surface area (Å²) in [6.07, 6.45) is 3.27. The third-order valence-corrected chi connectivity index (χ3v) is 4.02. The van der Waals surface area contributed by atoms with Crippen molar-refractivity contribution in [2.75, 3.05) is 26.2 Å². The van der Waals surface area contributed by atoms with Crippen molar-refractivity contribution in [3.8, 4) is 0 Å². The monoisotopic (exact) mass is 268 g/mol. The van der Waals surface area contributed by atoms with Crippen LogP contribution >= 0.6 is 0 Å². The Kier molecular flexibility index (Phi) is 4.36. The Hall–Kier alpha value is -0.810. The second-order valence-electron chi connectivity index (χ2n) is 6.94. The van der Waals surface area contributed by atoms with E-state index in [0.717, 1.165) is 45.4 Å². The first-order valence-corrected chi connectivity index (χ1v) is 7.42. The van der Waals surface area contributed by atoms with Crippen LogP contribution in [0.5, 0.6) is 0 Å². The van der Waals surface area contributed by atoms with Crippen LogP contribution in [0, 0.1) is 0 Å². The van der Waals surface area contributed by atoms with Gasteiger partial charge >= 0.3 is 6.03 Å². The van der Waals surface area contributed by atoms with Crippen molar-refractivity contribution in [2.24, 2.45) is 5.73 Å². The molecule has 0 aromatic rings. The van der Waals surface area contributed by atoms with E-state index in [1.54, 1.807) is 0 Å². The Morgan fingerprint density at radius 2 is 1.79 bits per heavy atom. The summed E-state index contributed by atoms with van der Waals surface area (Å²) >= 11 is 0. The first kappa shape index (κ1) is 14.6. The number of hydrogen-bond donors (Lipinski definition) is 2. The maximum absolute atomic E-state index is 12.1. The molecule has 2 amide bonds. The molecule has 0 aromatic heterocycles. The van der Waals surface area contributed by atoms with Crippen LogP contribution < -0.4 is 11.1 Å². The van der Waals surface area contributed by atoms with Gasteiger partial charge in [-0.05, 0) is 53.1 Å². The average Bonchev–Trinajstić information content (AvgIpc) is 2.77. The lowest BCUT2D eigenvalue weighted by molar-refractivity contribution is 0.151. The second-order valence-corrected chi connectivity index (χ2v) is 6.94. The van der Waals surface area contributed by atoms with E-state index in [9.17, 15) is 4.79 Å². The zero-order valence-electron chi connectivity index (χ0n) is 12.5. The molecule has 2 aliphatic heterocycles. The smallest absolute Gasteiger partial charge is 0.317 e. The van der Waals surface area contributed by atoms with Crippen LogP contribution in [0.15, 0.2) is 0 Å². The predicted octanol–water partition coefficient (Wildman–Crippen LogP) is 0.992. The molecule has 0 aromatic carbocycles. The molecule has 2 rings (SSSR count). The molecule has 2 fully saturated rings. The van der Waals surface area contributed by atoms with E-state index in [0.29, 0.717) is 12.1 Å². The van der Waals surface area contributed by atoms with Gasteiger partial charge in [0.15, 0.2) is 0 Å². The van der Waals surface area contributed by atoms with Gasteiger partial charge in [-0.3, -0.25) is 4.90 Å². The molecular weight excluding hydrogens is 240 g/mol. The Morgan fingerprint density at radius 3 is 2.37 bits per heavy atom. The largest absolute Gasteiger partial charge is 0.333 e. The molecule has 2 aliphatic rings. The highest BCUT2D eigenvalue weighted by molar-refractivity contribution is 5.75. The number of hydrogen-bond acceptors (Lipinski definition) is 3. The van der Waals surface area contributed by atoms with Crippen LogP contribution in [0.25, 0.3) is 0 Å². The fourth-order valence-electron chi connectivity index (χ4n) is 2.91. The van der Waals surface area contributed by atoms with E-state index in [4.69, 9.17) is 5.73 Å². The number of likely N-dealkylation sites (tertiary alicyclic amines) is 2. The Morgan fingerprint density at radius 1 is 1.16 bits per heavy atom. The van der Waals surface area contributed by atoms with Crippen LogP contribution in [0.4, 0.5) is 4.79 Å². The van der Waals surface area contributed by atoms with Crippen molar-refractivity contribution < 1.29 is 4.79 Å². The molecule has 2 saturated heterocycles. The van der Waals surface area contributed by atoms with E-state index in [-0.39, 0.29) is 11.6 Å². The molecule has 1 atom stereocenters. The van der Waals surface area contributed by atoms with E-state index >= 15 is 0 Å². The Bertz CT molecular complexity index is 318. The number of rotatable bonds is 1. The second kappa shape index (κ2) is 5.67. The summed E-state index contributed by atoms with van der Waals surface area (Å²) in [5.41, 5.74) is 5.78. The van der Waals surface area contributed by atoms with Crippen molar-refractivity contribution in [3.05, 3.63) is 0 Å². The number of carbonyl (C=O) groups excluding carboxylic acids is 1. The average molecular weight is 268 g/mol. The maximum atomic E-state index is 12.1. The molecule has 19 heavy (non-hydrogen) atoms. The number of carbonyl (C=O) groups is 1. The van der Waals surface area contributed by atoms with Gasteiger partial charge in [0.2, 0.25) is 0 Å². The Balaban J connectivity index is 1.81. The summed E-state index contributed by atoms with van der Waals surface area (Å²) in [6.45, 7) is 9.95. The summed E-state index contributed by atoms with van der Waals surface area (Å²) in [4.78, 5) is 16.6. The zero-order chi connectivity index (χ0) is 14.0. The highest BCUT2D eigenvalue weighted by Gasteiger charge is 2.32. The fourth-order valence-corrected chi connectivity index (χ4v) is 2.91. The number of nitrogens with zero attached hydrogens (tertiary/aromatic N) is 2. The van der Waals surface area contributed by atoms with Gasteiger partial charge < -0.3 is 16.0 Å². The fraction of sp³-hybridized carbons (Fsp3) is 0.929. The van der Waals surface area contributed by atoms with Crippen molar-refractivity contribution in [3.63, 3.8) is 0 Å². The van der Waals surface area contributed by atoms with Gasteiger partial charge in [0, 0.05) is 30.7 Å². The quantitative estimate of drug-likeness (QED) is 0.745. The molecule has 5 heteroatoms. The molecule has 3 N–H and O–H groups in total. The van der Waals surface area contributed by atoms with Gasteiger partial charge in [-0.1, -0.05) is 0 Å². The minimum atomic E-state index is -0.160. The van der Waals surface area contributed by atoms with Gasteiger partial charge in [-0.2, -0.15) is 0 Å². The van der Waals surface area contributed by atoms with Crippen molar-refractivity contribution in [1.82, 2.24) is 15.1 Å². The standard InChI is InChI=1S/C14H28N4O/c1-14(2,3)16-13(19)18-9-6-12(10-18)17-7-4-11(15)5-8-17/h11-12H,4-10,15H2,1-3H3,(H,16,19). The van der Waals surface area contributed by atoms with Crippen molar-refractivity contribution in [2.45, 2.75) is 57.7 Å². The highest BCUT2D eigenvalue weighted by Crippen LogP contribution is 2.20. The van der Waals surface area contributed by atoms with E-state index in [2.05, 4.69) is 10.2 Å². The molecule has 5 nitrogen and oxygen atoms in total. The number of urea groups is 1. The molecular formula is C14H28N4O. The van der Waals surface area contributed by atoms with Crippen LogP contribution in [0.2, 0.25) is 0 Å². The minimum Gasteiger partial charge on any atom is -0.333 e. The van der Waals surface area contributed by atoms with Crippen molar-refractivity contribution in [1.29, 1.82) is 0 Å². The van der Waals surface area contributed by atoms with Crippen LogP contribution in [-0.2, 0) is 0 Å². The minimum absolute atomic E-state index is 0.0729. The Labute approximate surface area is 116 Å². The van der Waals surface area contributed by atoms with Crippen LogP contribution in [-0.4, -0.2) is 59.6 Å². The number of nitrogens with two attached hydrogens (primary N) is 1. The van der Waals surface area contributed by atoms with Crippen LogP contribution in [0.3, 0.4) is 0 Å². The molecule has 0 bridgehead atoms. The summed E-state index contributed by atoms with van der Waals surface area (Å²) in [6, 6.07) is 0.972. The summed E-state index contributed by atoms with van der Waals surface area (Å²) < 4.78 is 0. The number of nitrogens with one attached hydrogen (secondary N) is 1. The first-order chi connectivity index (χ1) is 8.85. The molecule has 0 aliphatic carbocycles. The van der Waals surface area contributed by atoms with Gasteiger partial charge in [-0.25, -0.2) is 4.79 Å². The topological polar surface area (TPSA) is 61.6 Å². The van der Waals surface area contributed by atoms with E-state index in [1.807, 2.05) is 25.7 Å². The molecule has 1 unspecified atom stereocenters. The lowest BCUT2D eigenvalue weighted by Crippen LogP contribution is -2.50. The van der Waals surface area contributed by atoms with Gasteiger partial charge in [0.05, 0.1) is 0 Å². The maximum Gasteiger partial charge on any atom is 0.317 e. The lowest BCUT2D eigenvalue weighted by atomic mass is 10.0. The van der Waals surface area contributed by atoms with Gasteiger partial charge in [0.1, 0.15) is 0 Å². The highest BCUT2D eigenvalue weighted by atomic mass is 16.2. The van der Waals surface area contributed by atoms with E-state index in [1.165, 1.54) is 0 Å². The van der Waals surface area contributed by atoms with Gasteiger partial charge in [0.25, 0.3) is 0 Å². The van der Waals surface area contributed by atoms with Crippen molar-refractivity contribution >= 4 is 6.03 Å². The normalized spacial score (nSPS) is 26.7. The predicted molar refractivity (Wildman–Crippen MR) is 77.0 cm³/mol. The third kappa shape index (κ3) is 4.08. The summed E-state index contributed by atoms with van der Waals surface area (Å²) in [7, 11) is 0. The lowest BCUT2D eigenvalue weighted by Gasteiger charge is -2.34. The number of amides is 2. The third-order valence-electron chi connectivity index (χ3n) is 4.02. The molecule has 0 radical (unpaired) electrons. The first-order valence-electron chi connectivity index (χ1n) is 7.42. The number of piperidine rings is 1. The van der Waals surface area contributed by atoms with Crippen LogP contribution in [0.1, 0.15) is 40.0 Å². The summed E-state index contributed by atoms with van der Waals surface area (Å²) in [5, 5.41) is 3.04. The molecule has 0 saturated carbocycles. The van der Waals surface area contributed by atoms with E-state index < -0.39 is 0 Å². The molecule has 0 spiro atoms. The molecule has 110 valence electrons. The summed E-state index contributed by atoms with van der Waals surface area (Å²) in [5.74, 6) is 0. The van der Waals surface area contributed by atoms with Gasteiger partial charge in [-0.15, -0.1) is 0 Å². The zero-order valence-corrected chi connectivity index (χ0v) is 12.5. The molecule has 2 heterocycles. The SMILES string of the molecule is CC(C)(C)NC(=O)N1CCC(N2CCC(N)CC2)C1.